The van der Waals surface area contributed by atoms with Crippen molar-refractivity contribution in [1.82, 2.24) is 15.2 Å². The van der Waals surface area contributed by atoms with E-state index in [0.717, 1.165) is 58.1 Å². The largest absolute Gasteiger partial charge is 0.354 e. The fourth-order valence-corrected chi connectivity index (χ4v) is 4.52. The van der Waals surface area contributed by atoms with Crippen LogP contribution in [-0.4, -0.2) is 49.0 Å². The molecule has 6 heteroatoms. The molecule has 4 rings (SSSR count). The number of anilines is 1. The summed E-state index contributed by atoms with van der Waals surface area (Å²) >= 11 is 1.55. The number of nitrogens with zero attached hydrogens (tertiary/aromatic N) is 3. The van der Waals surface area contributed by atoms with Crippen LogP contribution in [0.15, 0.2) is 42.6 Å². The summed E-state index contributed by atoms with van der Waals surface area (Å²) in [6.07, 6.45) is 1.87. The number of nitrogens with one attached hydrogen (secondary N) is 1. The van der Waals surface area contributed by atoms with E-state index in [1.54, 1.807) is 11.3 Å². The Morgan fingerprint density at radius 3 is 2.63 bits per heavy atom. The van der Waals surface area contributed by atoms with Gasteiger partial charge in [0.2, 0.25) is 0 Å². The molecule has 3 aromatic rings. The van der Waals surface area contributed by atoms with Crippen LogP contribution in [0.3, 0.4) is 0 Å². The highest BCUT2D eigenvalue weighted by Gasteiger charge is 2.16. The van der Waals surface area contributed by atoms with E-state index in [1.165, 1.54) is 0 Å². The van der Waals surface area contributed by atoms with E-state index < -0.39 is 0 Å². The summed E-state index contributed by atoms with van der Waals surface area (Å²) in [4.78, 5) is 22.6. The molecule has 3 heterocycles. The van der Waals surface area contributed by atoms with Gasteiger partial charge in [0, 0.05) is 43.6 Å². The Bertz CT molecular complexity index is 942. The van der Waals surface area contributed by atoms with Crippen molar-refractivity contribution in [3.8, 4) is 0 Å². The van der Waals surface area contributed by atoms with Crippen LogP contribution in [0.2, 0.25) is 0 Å². The molecule has 1 saturated heterocycles. The molecule has 2 aromatic heterocycles. The van der Waals surface area contributed by atoms with Crippen LogP contribution in [0.5, 0.6) is 0 Å². The Hall–Kier alpha value is -2.44. The Morgan fingerprint density at radius 1 is 1.15 bits per heavy atom. The maximum atomic E-state index is 12.6. The zero-order valence-corrected chi connectivity index (χ0v) is 16.6. The zero-order chi connectivity index (χ0) is 18.8. The van der Waals surface area contributed by atoms with Crippen LogP contribution in [-0.2, 0) is 6.54 Å². The minimum Gasteiger partial charge on any atom is -0.354 e. The summed E-state index contributed by atoms with van der Waals surface area (Å²) in [5, 5.41) is 4.19. The average molecular weight is 381 g/mol. The number of carbonyl (C=O) groups is 1. The maximum Gasteiger partial charge on any atom is 0.261 e. The number of piperazine rings is 1. The number of aromatic nitrogens is 1. The Balaban J connectivity index is 1.39. The standard InChI is InChI=1S/C21H24N4OS/c1-15-17-5-3-4-6-18(17)27-20(15)21(26)23-14-16-7-8-19(22-13-16)25-11-9-24(2)10-12-25/h3-8,13H,9-12,14H2,1-2H3,(H,23,26). The molecule has 0 saturated carbocycles. The van der Waals surface area contributed by atoms with Gasteiger partial charge in [0.1, 0.15) is 5.82 Å². The highest BCUT2D eigenvalue weighted by atomic mass is 32.1. The third-order valence-electron chi connectivity index (χ3n) is 5.14. The number of benzene rings is 1. The molecule has 1 fully saturated rings. The lowest BCUT2D eigenvalue weighted by Crippen LogP contribution is -2.44. The Morgan fingerprint density at radius 2 is 1.93 bits per heavy atom. The van der Waals surface area contributed by atoms with Crippen LogP contribution < -0.4 is 10.2 Å². The predicted molar refractivity (Wildman–Crippen MR) is 112 cm³/mol. The molecule has 27 heavy (non-hydrogen) atoms. The van der Waals surface area contributed by atoms with Crippen LogP contribution in [0.1, 0.15) is 20.8 Å². The lowest BCUT2D eigenvalue weighted by Gasteiger charge is -2.33. The van der Waals surface area contributed by atoms with Crippen molar-refractivity contribution in [2.75, 3.05) is 38.1 Å². The van der Waals surface area contributed by atoms with Crippen LogP contribution in [0.4, 0.5) is 5.82 Å². The van der Waals surface area contributed by atoms with Gasteiger partial charge in [-0.3, -0.25) is 4.79 Å². The van der Waals surface area contributed by atoms with Gasteiger partial charge < -0.3 is 15.1 Å². The van der Waals surface area contributed by atoms with Crippen molar-refractivity contribution in [3.05, 3.63) is 58.6 Å². The molecule has 0 bridgehead atoms. The van der Waals surface area contributed by atoms with E-state index >= 15 is 0 Å². The van der Waals surface area contributed by atoms with Crippen molar-refractivity contribution >= 4 is 33.1 Å². The smallest absolute Gasteiger partial charge is 0.261 e. The van der Waals surface area contributed by atoms with Crippen molar-refractivity contribution < 1.29 is 4.79 Å². The van der Waals surface area contributed by atoms with Gasteiger partial charge in [-0.1, -0.05) is 24.3 Å². The van der Waals surface area contributed by atoms with Gasteiger partial charge in [-0.05, 0) is 42.6 Å². The summed E-state index contributed by atoms with van der Waals surface area (Å²) < 4.78 is 1.15. The number of pyridine rings is 1. The second kappa shape index (κ2) is 7.66. The number of amides is 1. The van der Waals surface area contributed by atoms with E-state index in [0.29, 0.717) is 6.54 Å². The third-order valence-corrected chi connectivity index (χ3v) is 6.41. The van der Waals surface area contributed by atoms with E-state index in [1.807, 2.05) is 25.3 Å². The van der Waals surface area contributed by atoms with Gasteiger partial charge in [0.05, 0.1) is 4.88 Å². The van der Waals surface area contributed by atoms with Crippen LogP contribution >= 0.6 is 11.3 Å². The number of likely N-dealkylation sites (N-methyl/N-ethyl adjacent to an activating group) is 1. The molecule has 1 aromatic carbocycles. The predicted octanol–water partition coefficient (Wildman–Crippen LogP) is 3.29. The molecule has 0 spiro atoms. The fraction of sp³-hybridized carbons (Fsp3) is 0.333. The number of aryl methyl sites for hydroxylation is 1. The number of hydrogen-bond acceptors (Lipinski definition) is 5. The van der Waals surface area contributed by atoms with E-state index in [9.17, 15) is 4.79 Å². The molecule has 0 atom stereocenters. The lowest BCUT2D eigenvalue weighted by molar-refractivity contribution is 0.0954. The van der Waals surface area contributed by atoms with Gasteiger partial charge in [-0.25, -0.2) is 4.98 Å². The van der Waals surface area contributed by atoms with Gasteiger partial charge in [0.15, 0.2) is 0 Å². The minimum absolute atomic E-state index is 0.0168. The van der Waals surface area contributed by atoms with Crippen molar-refractivity contribution in [2.45, 2.75) is 13.5 Å². The van der Waals surface area contributed by atoms with E-state index in [-0.39, 0.29) is 5.91 Å². The molecule has 0 unspecified atom stereocenters. The van der Waals surface area contributed by atoms with Gasteiger partial charge in [-0.15, -0.1) is 11.3 Å². The third kappa shape index (κ3) is 3.82. The minimum atomic E-state index is -0.0168. The average Bonchev–Trinajstić information content (AvgIpc) is 3.04. The van der Waals surface area contributed by atoms with Crippen molar-refractivity contribution in [3.63, 3.8) is 0 Å². The number of fused-ring (bicyclic) bond motifs is 1. The van der Waals surface area contributed by atoms with E-state index in [2.05, 4.69) is 51.4 Å². The summed E-state index contributed by atoms with van der Waals surface area (Å²) in [5.41, 5.74) is 2.07. The zero-order valence-electron chi connectivity index (χ0n) is 15.7. The first kappa shape index (κ1) is 17.9. The monoisotopic (exact) mass is 380 g/mol. The van der Waals surface area contributed by atoms with Gasteiger partial charge in [0.25, 0.3) is 5.91 Å². The molecule has 1 amide bonds. The normalized spacial score (nSPS) is 15.3. The summed E-state index contributed by atoms with van der Waals surface area (Å²) in [5.74, 6) is 0.996. The summed E-state index contributed by atoms with van der Waals surface area (Å²) in [6, 6.07) is 12.3. The molecule has 5 nitrogen and oxygen atoms in total. The fourth-order valence-electron chi connectivity index (χ4n) is 3.40. The van der Waals surface area contributed by atoms with Crippen LogP contribution in [0.25, 0.3) is 10.1 Å². The molecule has 1 N–H and O–H groups in total. The molecular formula is C21H24N4OS. The Kier molecular flexibility index (Phi) is 5.09. The summed E-state index contributed by atoms with van der Waals surface area (Å²) in [7, 11) is 2.15. The highest BCUT2D eigenvalue weighted by Crippen LogP contribution is 2.30. The van der Waals surface area contributed by atoms with Crippen molar-refractivity contribution in [2.24, 2.45) is 0 Å². The van der Waals surface area contributed by atoms with Crippen molar-refractivity contribution in [1.29, 1.82) is 0 Å². The number of carbonyl (C=O) groups excluding carboxylic acids is 1. The second-order valence-electron chi connectivity index (χ2n) is 7.05. The maximum absolute atomic E-state index is 12.6. The second-order valence-corrected chi connectivity index (χ2v) is 8.10. The molecule has 1 aliphatic rings. The topological polar surface area (TPSA) is 48.5 Å². The van der Waals surface area contributed by atoms with Crippen LogP contribution in [0, 0.1) is 6.92 Å². The first-order chi connectivity index (χ1) is 13.1. The number of thiophene rings is 1. The van der Waals surface area contributed by atoms with Gasteiger partial charge in [-0.2, -0.15) is 0 Å². The first-order valence-electron chi connectivity index (χ1n) is 9.26. The summed E-state index contributed by atoms with van der Waals surface area (Å²) in [6.45, 7) is 6.64. The Labute approximate surface area is 163 Å². The SMILES string of the molecule is Cc1c(C(=O)NCc2ccc(N3CCN(C)CC3)nc2)sc2ccccc12. The quantitative estimate of drug-likeness (QED) is 0.755. The highest BCUT2D eigenvalue weighted by molar-refractivity contribution is 7.21. The first-order valence-corrected chi connectivity index (χ1v) is 10.1. The number of rotatable bonds is 4. The molecule has 1 aliphatic heterocycles. The van der Waals surface area contributed by atoms with E-state index in [4.69, 9.17) is 0 Å². The molecular weight excluding hydrogens is 356 g/mol. The van der Waals surface area contributed by atoms with Gasteiger partial charge >= 0.3 is 0 Å². The molecule has 0 aliphatic carbocycles. The lowest BCUT2D eigenvalue weighted by atomic mass is 10.1. The number of hydrogen-bond donors (Lipinski definition) is 1. The molecule has 140 valence electrons. The molecule has 0 radical (unpaired) electrons.